The van der Waals surface area contributed by atoms with Gasteiger partial charge in [0.15, 0.2) is 16.6 Å². The molecule has 0 aromatic heterocycles. The molecule has 0 aromatic carbocycles. The molecule has 57 heavy (non-hydrogen) atoms. The van der Waals surface area contributed by atoms with Gasteiger partial charge in [0, 0.05) is 31.1 Å². The molecule has 8 nitrogen and oxygen atoms in total. The Kier molecular flexibility index (Phi) is 23.0. The van der Waals surface area contributed by atoms with Crippen molar-refractivity contribution in [3.8, 4) is 0 Å². The van der Waals surface area contributed by atoms with E-state index in [2.05, 4.69) is 94.7 Å². The highest BCUT2D eigenvalue weighted by molar-refractivity contribution is 6.74. The van der Waals surface area contributed by atoms with Crippen molar-refractivity contribution in [2.45, 2.75) is 239 Å². The summed E-state index contributed by atoms with van der Waals surface area (Å²) in [6.07, 6.45) is 15.3. The summed E-state index contributed by atoms with van der Waals surface area (Å²) in [6.45, 7) is 41.4. The first-order valence-corrected chi connectivity index (χ1v) is 28.3. The fourth-order valence-electron chi connectivity index (χ4n) is 7.12. The molecule has 2 heterocycles. The van der Waals surface area contributed by atoms with Crippen LogP contribution in [0.3, 0.4) is 0 Å². The number of amides is 1. The Bertz CT molecular complexity index is 1240. The molecule has 0 aliphatic carbocycles. The van der Waals surface area contributed by atoms with Gasteiger partial charge >= 0.3 is 0 Å². The third-order valence-corrected chi connectivity index (χ3v) is 22.4. The van der Waals surface area contributed by atoms with Crippen LogP contribution in [0.1, 0.15) is 166 Å². The number of carbonyl (C=O) groups excluding carboxylic acids is 2. The third-order valence-electron chi connectivity index (χ3n) is 13.3. The van der Waals surface area contributed by atoms with Crippen molar-refractivity contribution in [2.24, 2.45) is 11.8 Å². The predicted molar refractivity (Wildman–Crippen MR) is 245 cm³/mol. The molecular formula is C47H91NO7Si2. The molecule has 2 aliphatic rings. The van der Waals surface area contributed by atoms with Crippen molar-refractivity contribution in [3.63, 3.8) is 0 Å². The number of hydroxylamine groups is 2. The van der Waals surface area contributed by atoms with Crippen LogP contribution in [0.25, 0.3) is 0 Å². The largest absolute Gasteiger partial charge is 0.414 e. The Morgan fingerprint density at radius 2 is 1.11 bits per heavy atom. The fraction of sp³-hybridized carbons (Fsp3) is 0.872. The lowest BCUT2D eigenvalue weighted by molar-refractivity contribution is -0.173. The summed E-state index contributed by atoms with van der Waals surface area (Å²) in [7, 11) is -0.636. The second kappa shape index (κ2) is 24.3. The van der Waals surface area contributed by atoms with Crippen LogP contribution in [0.4, 0.5) is 0 Å². The average molecular weight is 838 g/mol. The SMILES string of the molecule is C=C1CC(CCCC)OC1CC[C@@H](C[C@@H](C)C(=O)N(C)OC)O[Si](C)(C)C(C)(C)C.C=C1CC(CCCC)OC1CC[C@@H](C[C@@H](C)C(C)=O)O[Si](C)(C)C(C)(C)C. The van der Waals surface area contributed by atoms with E-state index in [0.29, 0.717) is 18.6 Å². The Morgan fingerprint density at radius 3 is 1.42 bits per heavy atom. The molecule has 2 rings (SSSR count). The van der Waals surface area contributed by atoms with Crippen molar-refractivity contribution >= 4 is 28.3 Å². The standard InChI is InChI=1S/C24H47NO4Si.C23H44O3Si/c1-11-12-13-20-16-18(2)22(28-20)15-14-21(29-30(9,10)24(4,5)6)17-19(3)23(26)25(7)27-8;1-10-11-12-20-16-18(3)22(25-20)14-13-21(15-17(2)19(4)24)26-27(8,9)23(5,6)7/h19-22H,2,11-17H2,1,3-10H3;17,20-22H,3,10-16H2,1-2,4-9H3/t19-,20?,21+,22?;17-,20?,21+,22?/m11/s1. The number of rotatable bonds is 23. The fourth-order valence-corrected chi connectivity index (χ4v) is 9.92. The Hall–Kier alpha value is -1.15. The lowest BCUT2D eigenvalue weighted by atomic mass is 9.95. The van der Waals surface area contributed by atoms with Gasteiger partial charge in [0.05, 0.1) is 31.5 Å². The van der Waals surface area contributed by atoms with Crippen LogP contribution in [0, 0.1) is 11.8 Å². The predicted octanol–water partition coefficient (Wildman–Crippen LogP) is 12.8. The summed E-state index contributed by atoms with van der Waals surface area (Å²) in [5.74, 6) is 0.127. The molecule has 0 N–H and O–H groups in total. The first-order valence-electron chi connectivity index (χ1n) is 22.5. The van der Waals surface area contributed by atoms with Crippen molar-refractivity contribution in [3.05, 3.63) is 24.3 Å². The van der Waals surface area contributed by atoms with E-state index in [0.717, 1.165) is 57.8 Å². The molecule has 4 unspecified atom stereocenters. The van der Waals surface area contributed by atoms with Crippen molar-refractivity contribution in [2.75, 3.05) is 14.2 Å². The zero-order valence-electron chi connectivity index (χ0n) is 40.2. The van der Waals surface area contributed by atoms with E-state index in [1.807, 2.05) is 13.8 Å². The summed E-state index contributed by atoms with van der Waals surface area (Å²) < 4.78 is 26.0. The third kappa shape index (κ3) is 18.6. The maximum absolute atomic E-state index is 12.5. The van der Waals surface area contributed by atoms with Crippen LogP contribution in [0.5, 0.6) is 0 Å². The summed E-state index contributed by atoms with van der Waals surface area (Å²) in [5.41, 5.74) is 2.45. The van der Waals surface area contributed by atoms with E-state index in [1.54, 1.807) is 14.0 Å². The number of ether oxygens (including phenoxy) is 2. The lowest BCUT2D eigenvalue weighted by Crippen LogP contribution is -2.45. The minimum atomic E-state index is -1.95. The summed E-state index contributed by atoms with van der Waals surface area (Å²) >= 11 is 0. The molecule has 334 valence electrons. The number of carbonyl (C=O) groups is 2. The molecule has 2 saturated heterocycles. The second-order valence-corrected chi connectivity index (χ2v) is 30.1. The van der Waals surface area contributed by atoms with E-state index in [4.69, 9.17) is 23.2 Å². The first kappa shape index (κ1) is 53.9. The molecule has 0 bridgehead atoms. The molecule has 10 heteroatoms. The van der Waals surface area contributed by atoms with Crippen LogP contribution in [-0.4, -0.2) is 84.2 Å². The van der Waals surface area contributed by atoms with Gasteiger partial charge in [-0.2, -0.15) is 0 Å². The molecule has 0 aromatic rings. The molecule has 1 amide bonds. The van der Waals surface area contributed by atoms with E-state index in [-0.39, 0.29) is 58.0 Å². The van der Waals surface area contributed by atoms with Gasteiger partial charge in [-0.25, -0.2) is 5.06 Å². The Morgan fingerprint density at radius 1 is 0.737 bits per heavy atom. The summed E-state index contributed by atoms with van der Waals surface area (Å²) in [4.78, 5) is 29.4. The highest BCUT2D eigenvalue weighted by atomic mass is 28.4. The molecule has 2 aliphatic heterocycles. The average Bonchev–Trinajstić information content (AvgIpc) is 3.65. The number of nitrogens with zero attached hydrogens (tertiary/aromatic N) is 1. The van der Waals surface area contributed by atoms with Gasteiger partial charge in [-0.3, -0.25) is 14.4 Å². The van der Waals surface area contributed by atoms with Crippen LogP contribution >= 0.6 is 0 Å². The van der Waals surface area contributed by atoms with E-state index < -0.39 is 16.6 Å². The van der Waals surface area contributed by atoms with Gasteiger partial charge in [-0.05, 0) is 119 Å². The number of unbranched alkanes of at least 4 members (excludes halogenated alkanes) is 2. The quantitative estimate of drug-likeness (QED) is 0.0576. The van der Waals surface area contributed by atoms with E-state index in [1.165, 1.54) is 49.0 Å². The van der Waals surface area contributed by atoms with Crippen molar-refractivity contribution < 1.29 is 32.8 Å². The van der Waals surface area contributed by atoms with Crippen molar-refractivity contribution in [1.29, 1.82) is 0 Å². The zero-order chi connectivity index (χ0) is 43.9. The van der Waals surface area contributed by atoms with Crippen LogP contribution in [-0.2, 0) is 32.8 Å². The summed E-state index contributed by atoms with van der Waals surface area (Å²) in [5, 5.41) is 1.61. The highest BCUT2D eigenvalue weighted by Gasteiger charge is 2.41. The van der Waals surface area contributed by atoms with Crippen molar-refractivity contribution in [1.82, 2.24) is 5.06 Å². The van der Waals surface area contributed by atoms with Gasteiger partial charge in [0.1, 0.15) is 5.78 Å². The number of hydrogen-bond donors (Lipinski definition) is 0. The van der Waals surface area contributed by atoms with E-state index in [9.17, 15) is 9.59 Å². The van der Waals surface area contributed by atoms with Gasteiger partial charge in [-0.15, -0.1) is 0 Å². The minimum Gasteiger partial charge on any atom is -0.414 e. The topological polar surface area (TPSA) is 83.5 Å². The molecule has 0 spiro atoms. The minimum absolute atomic E-state index is 0.0116. The van der Waals surface area contributed by atoms with Gasteiger partial charge < -0.3 is 18.3 Å². The molecule has 2 fully saturated rings. The number of ketones is 1. The monoisotopic (exact) mass is 838 g/mol. The Balaban J connectivity index is 0.000000573. The van der Waals surface area contributed by atoms with Crippen LogP contribution in [0.15, 0.2) is 24.3 Å². The summed E-state index contributed by atoms with van der Waals surface area (Å²) in [6, 6.07) is 0. The van der Waals surface area contributed by atoms with Crippen LogP contribution < -0.4 is 0 Å². The normalized spacial score (nSPS) is 22.8. The maximum Gasteiger partial charge on any atom is 0.248 e. The van der Waals surface area contributed by atoms with Crippen LogP contribution in [0.2, 0.25) is 36.3 Å². The first-order chi connectivity index (χ1) is 26.2. The molecule has 8 atom stereocenters. The zero-order valence-corrected chi connectivity index (χ0v) is 42.2. The van der Waals surface area contributed by atoms with Gasteiger partial charge in [0.25, 0.3) is 0 Å². The molecule has 0 radical (unpaired) electrons. The highest BCUT2D eigenvalue weighted by Crippen LogP contribution is 2.41. The van der Waals surface area contributed by atoms with Gasteiger partial charge in [0.2, 0.25) is 5.91 Å². The lowest BCUT2D eigenvalue weighted by Gasteiger charge is -2.40. The smallest absolute Gasteiger partial charge is 0.248 e. The van der Waals surface area contributed by atoms with E-state index >= 15 is 0 Å². The number of Topliss-reactive ketones (excluding diaryl/α,β-unsaturated/α-hetero) is 1. The maximum atomic E-state index is 12.5. The second-order valence-electron chi connectivity index (χ2n) is 20.6. The Labute approximate surface area is 354 Å². The number of hydrogen-bond acceptors (Lipinski definition) is 7. The van der Waals surface area contributed by atoms with Gasteiger partial charge in [-0.1, -0.05) is 108 Å². The molecular weight excluding hydrogens is 747 g/mol. The molecule has 0 saturated carbocycles.